The molecule has 7 aromatic carbocycles. The summed E-state index contributed by atoms with van der Waals surface area (Å²) in [7, 11) is 0. The zero-order valence-corrected chi connectivity index (χ0v) is 27.0. The lowest BCUT2D eigenvalue weighted by Crippen LogP contribution is -2.36. The molecule has 4 nitrogen and oxygen atoms in total. The fraction of sp³-hybridized carbons (Fsp3) is 0.0217. The van der Waals surface area contributed by atoms with Crippen molar-refractivity contribution in [3.8, 4) is 73.3 Å². The van der Waals surface area contributed by atoms with E-state index >= 15 is 0 Å². The van der Waals surface area contributed by atoms with Crippen LogP contribution in [0.15, 0.2) is 176 Å². The van der Waals surface area contributed by atoms with Crippen molar-refractivity contribution < 1.29 is 4.74 Å². The second kappa shape index (κ2) is 11.2. The number of hydrogen-bond acceptors (Lipinski definition) is 4. The Labute approximate surface area is 290 Å². The smallest absolute Gasteiger partial charge is 0.186 e. The molecule has 0 amide bonds. The second-order valence-corrected chi connectivity index (χ2v) is 12.8. The summed E-state index contributed by atoms with van der Waals surface area (Å²) in [5.41, 5.74) is 12.3. The van der Waals surface area contributed by atoms with E-state index in [1.54, 1.807) is 0 Å². The third-order valence-electron chi connectivity index (χ3n) is 9.90. The molecular formula is C46H29N3O. The van der Waals surface area contributed by atoms with Crippen LogP contribution in [0.3, 0.4) is 0 Å². The first-order valence-corrected chi connectivity index (χ1v) is 16.9. The van der Waals surface area contributed by atoms with Crippen LogP contribution in [0.4, 0.5) is 0 Å². The van der Waals surface area contributed by atoms with E-state index in [1.165, 1.54) is 11.1 Å². The molecule has 0 saturated carbocycles. The number of fused-ring (bicyclic) bond motifs is 9. The average Bonchev–Trinajstić information content (AvgIpc) is 3.48. The van der Waals surface area contributed by atoms with E-state index in [9.17, 15) is 0 Å². The maximum absolute atomic E-state index is 7.24. The minimum absolute atomic E-state index is 0.607. The maximum atomic E-state index is 7.24. The van der Waals surface area contributed by atoms with Crippen molar-refractivity contribution in [3.63, 3.8) is 0 Å². The number of rotatable bonds is 4. The Balaban J connectivity index is 1.14. The van der Waals surface area contributed by atoms with E-state index in [-0.39, 0.29) is 0 Å². The quantitative estimate of drug-likeness (QED) is 0.192. The van der Waals surface area contributed by atoms with Gasteiger partial charge in [-0.3, -0.25) is 0 Å². The zero-order valence-electron chi connectivity index (χ0n) is 27.0. The number of nitrogens with zero attached hydrogens (tertiary/aromatic N) is 3. The molecule has 234 valence electrons. The molecule has 4 heteroatoms. The van der Waals surface area contributed by atoms with E-state index in [2.05, 4.69) is 140 Å². The van der Waals surface area contributed by atoms with Crippen molar-refractivity contribution in [1.82, 2.24) is 15.0 Å². The lowest BCUT2D eigenvalue weighted by Gasteiger charge is -2.39. The summed E-state index contributed by atoms with van der Waals surface area (Å²) < 4.78 is 7.24. The molecule has 1 aliphatic heterocycles. The molecule has 0 unspecified atom stereocenters. The third kappa shape index (κ3) is 4.35. The van der Waals surface area contributed by atoms with Crippen LogP contribution in [-0.4, -0.2) is 15.0 Å². The highest BCUT2D eigenvalue weighted by atomic mass is 16.5. The summed E-state index contributed by atoms with van der Waals surface area (Å²) in [6.45, 7) is 0. The van der Waals surface area contributed by atoms with Crippen LogP contribution in [0.25, 0.3) is 67.5 Å². The maximum Gasteiger partial charge on any atom is 0.186 e. The van der Waals surface area contributed by atoms with Gasteiger partial charge in [-0.05, 0) is 52.1 Å². The van der Waals surface area contributed by atoms with Crippen molar-refractivity contribution in [2.75, 3.05) is 0 Å². The first-order valence-electron chi connectivity index (χ1n) is 16.9. The predicted octanol–water partition coefficient (Wildman–Crippen LogP) is 10.9. The SMILES string of the molecule is c1ccc(-c2cccc(-c3nc(-c4ccccc4)nc(-c4ccc5c(c4)-c4ccccc4C4(O5)c5ccccc5-c5ccccc54)n3)c2)cc1. The molecule has 10 rings (SSSR count). The molecule has 1 aliphatic carbocycles. The summed E-state index contributed by atoms with van der Waals surface area (Å²) in [5, 5.41) is 0. The van der Waals surface area contributed by atoms with E-state index in [0.717, 1.165) is 61.4 Å². The average molecular weight is 640 g/mol. The predicted molar refractivity (Wildman–Crippen MR) is 199 cm³/mol. The van der Waals surface area contributed by atoms with Gasteiger partial charge >= 0.3 is 0 Å². The lowest BCUT2D eigenvalue weighted by molar-refractivity contribution is 0.157. The first-order chi connectivity index (χ1) is 24.8. The Morgan fingerprint density at radius 2 is 0.760 bits per heavy atom. The van der Waals surface area contributed by atoms with Gasteiger partial charge in [0.2, 0.25) is 0 Å². The number of ether oxygens (including phenoxy) is 1. The summed E-state index contributed by atoms with van der Waals surface area (Å²) >= 11 is 0. The summed E-state index contributed by atoms with van der Waals surface area (Å²) in [5.74, 6) is 2.69. The lowest BCUT2D eigenvalue weighted by atomic mass is 9.77. The van der Waals surface area contributed by atoms with Crippen molar-refractivity contribution in [2.24, 2.45) is 0 Å². The van der Waals surface area contributed by atoms with Crippen LogP contribution in [0.2, 0.25) is 0 Å². The largest absolute Gasteiger partial charge is 0.472 e. The van der Waals surface area contributed by atoms with Crippen molar-refractivity contribution in [3.05, 3.63) is 193 Å². The molecular weight excluding hydrogens is 611 g/mol. The topological polar surface area (TPSA) is 47.9 Å². The van der Waals surface area contributed by atoms with Crippen LogP contribution < -0.4 is 4.74 Å². The Morgan fingerprint density at radius 1 is 0.320 bits per heavy atom. The molecule has 0 radical (unpaired) electrons. The van der Waals surface area contributed by atoms with Crippen LogP contribution in [-0.2, 0) is 5.60 Å². The van der Waals surface area contributed by atoms with Gasteiger partial charge in [0.15, 0.2) is 23.1 Å². The van der Waals surface area contributed by atoms with Crippen molar-refractivity contribution in [2.45, 2.75) is 5.60 Å². The Kier molecular flexibility index (Phi) is 6.36. The van der Waals surface area contributed by atoms with Crippen LogP contribution >= 0.6 is 0 Å². The zero-order chi connectivity index (χ0) is 33.1. The molecule has 50 heavy (non-hydrogen) atoms. The number of benzene rings is 7. The second-order valence-electron chi connectivity index (χ2n) is 12.8. The molecule has 0 atom stereocenters. The van der Waals surface area contributed by atoms with Crippen LogP contribution in [0.1, 0.15) is 16.7 Å². The molecule has 2 heterocycles. The van der Waals surface area contributed by atoms with Crippen molar-refractivity contribution >= 4 is 0 Å². The first kappa shape index (κ1) is 28.4. The molecule has 0 fully saturated rings. The summed E-state index contributed by atoms with van der Waals surface area (Å²) in [6, 6.07) is 61.1. The van der Waals surface area contributed by atoms with Crippen molar-refractivity contribution in [1.29, 1.82) is 0 Å². The third-order valence-corrected chi connectivity index (χ3v) is 9.90. The van der Waals surface area contributed by atoms with Gasteiger partial charge in [-0.2, -0.15) is 0 Å². The van der Waals surface area contributed by atoms with Gasteiger partial charge in [0, 0.05) is 38.9 Å². The van der Waals surface area contributed by atoms with E-state index < -0.39 is 5.60 Å². The van der Waals surface area contributed by atoms with Gasteiger partial charge in [0.05, 0.1) is 0 Å². The Hall–Kier alpha value is -6.65. The summed E-state index contributed by atoms with van der Waals surface area (Å²) in [6.07, 6.45) is 0. The molecule has 8 aromatic rings. The normalized spacial score (nSPS) is 13.1. The van der Waals surface area contributed by atoms with E-state index in [1.807, 2.05) is 36.4 Å². The monoisotopic (exact) mass is 639 g/mol. The van der Waals surface area contributed by atoms with Gasteiger partial charge < -0.3 is 4.74 Å². The van der Waals surface area contributed by atoms with Crippen LogP contribution in [0.5, 0.6) is 5.75 Å². The highest BCUT2D eigenvalue weighted by Gasteiger charge is 2.50. The molecule has 0 saturated heterocycles. The van der Waals surface area contributed by atoms with Gasteiger partial charge in [-0.25, -0.2) is 15.0 Å². The van der Waals surface area contributed by atoms with Crippen LogP contribution in [0, 0.1) is 0 Å². The molecule has 2 aliphatic rings. The number of hydrogen-bond donors (Lipinski definition) is 0. The number of aromatic nitrogens is 3. The van der Waals surface area contributed by atoms with Gasteiger partial charge in [0.25, 0.3) is 0 Å². The van der Waals surface area contributed by atoms with Gasteiger partial charge in [-0.15, -0.1) is 0 Å². The fourth-order valence-electron chi connectivity index (χ4n) is 7.63. The molecule has 0 bridgehead atoms. The molecule has 0 N–H and O–H groups in total. The molecule has 1 spiro atoms. The fourth-order valence-corrected chi connectivity index (χ4v) is 7.63. The standard InChI is InChI=1S/C46H29N3O/c1-3-14-30(15-4-1)32-18-13-19-33(28-32)44-47-43(31-16-5-2-6-17-31)48-45(49-44)34-26-27-42-38(29-34)37-22-9-12-25-41(37)46(50-42)39-23-10-7-20-35(39)36-21-8-11-24-40(36)46/h1-29H. The summed E-state index contributed by atoms with van der Waals surface area (Å²) in [4.78, 5) is 15.2. The van der Waals surface area contributed by atoms with Gasteiger partial charge in [0.1, 0.15) is 5.75 Å². The Morgan fingerprint density at radius 3 is 1.36 bits per heavy atom. The minimum atomic E-state index is -0.747. The van der Waals surface area contributed by atoms with E-state index in [0.29, 0.717) is 17.5 Å². The Bertz CT molecular complexity index is 2530. The highest BCUT2D eigenvalue weighted by molar-refractivity contribution is 5.89. The minimum Gasteiger partial charge on any atom is -0.472 e. The molecule has 1 aromatic heterocycles. The van der Waals surface area contributed by atoms with Gasteiger partial charge in [-0.1, -0.05) is 152 Å². The van der Waals surface area contributed by atoms with E-state index in [4.69, 9.17) is 19.7 Å². The highest BCUT2D eigenvalue weighted by Crippen LogP contribution is 2.58.